The zero-order valence-electron chi connectivity index (χ0n) is 18.0. The number of nitrogens with zero attached hydrogens (tertiary/aromatic N) is 3. The van der Waals surface area contributed by atoms with Crippen LogP contribution in [0.25, 0.3) is 22.2 Å². The van der Waals surface area contributed by atoms with Crippen LogP contribution in [0.2, 0.25) is 0 Å². The first kappa shape index (κ1) is 20.6. The average Bonchev–Trinajstić information content (AvgIpc) is 3.34. The third-order valence-electron chi connectivity index (χ3n) is 5.61. The van der Waals surface area contributed by atoms with Crippen LogP contribution in [0.5, 0.6) is 0 Å². The van der Waals surface area contributed by atoms with Crippen LogP contribution in [0.4, 0.5) is 10.1 Å². The molecular formula is C27H21FN4O. The molecule has 2 aromatic carbocycles. The highest BCUT2D eigenvalue weighted by Crippen LogP contribution is 2.25. The molecular weight excluding hydrogens is 415 g/mol. The maximum absolute atomic E-state index is 13.1. The first-order valence-electron chi connectivity index (χ1n) is 10.6. The predicted octanol–water partition coefficient (Wildman–Crippen LogP) is 5.85. The number of carbonyl (C=O) groups excluding carboxylic acids is 1. The first-order chi connectivity index (χ1) is 16.1. The summed E-state index contributed by atoms with van der Waals surface area (Å²) >= 11 is 0. The van der Waals surface area contributed by atoms with Crippen LogP contribution in [-0.4, -0.2) is 20.4 Å². The van der Waals surface area contributed by atoms with Gasteiger partial charge in [0.15, 0.2) is 0 Å². The summed E-state index contributed by atoms with van der Waals surface area (Å²) in [5.41, 5.74) is 5.49. The van der Waals surface area contributed by atoms with Crippen molar-refractivity contribution >= 4 is 22.5 Å². The minimum Gasteiger partial charge on any atom is -0.350 e. The van der Waals surface area contributed by atoms with Crippen LogP contribution in [0.15, 0.2) is 91.5 Å². The van der Waals surface area contributed by atoms with Gasteiger partial charge in [0, 0.05) is 48.0 Å². The van der Waals surface area contributed by atoms with E-state index in [0.29, 0.717) is 16.9 Å². The maximum atomic E-state index is 13.1. The summed E-state index contributed by atoms with van der Waals surface area (Å²) in [4.78, 5) is 21.8. The third-order valence-corrected chi connectivity index (χ3v) is 5.61. The van der Waals surface area contributed by atoms with Crippen molar-refractivity contribution in [2.75, 3.05) is 5.32 Å². The molecule has 0 atom stereocenters. The molecule has 0 bridgehead atoms. The monoisotopic (exact) mass is 436 g/mol. The first-order valence-corrected chi connectivity index (χ1v) is 10.6. The van der Waals surface area contributed by atoms with Gasteiger partial charge in [-0.2, -0.15) is 0 Å². The van der Waals surface area contributed by atoms with Crippen molar-refractivity contribution in [2.45, 2.75) is 13.5 Å². The van der Waals surface area contributed by atoms with E-state index in [1.807, 2.05) is 49.8 Å². The number of aromatic nitrogens is 3. The predicted molar refractivity (Wildman–Crippen MR) is 128 cm³/mol. The summed E-state index contributed by atoms with van der Waals surface area (Å²) in [6.07, 6.45) is 7.44. The standard InChI is InChI=1S/C27H21FN4O/c1-18-24(10-6-21-14-19(15-30-26(18)21)17-32-12-2-3-13-32)31-27(33)22-7-11-25(29-16-22)20-4-8-23(28)9-5-20/h2-16H,17H2,1H3,(H,31,33). The van der Waals surface area contributed by atoms with Gasteiger partial charge < -0.3 is 9.88 Å². The number of halogens is 1. The summed E-state index contributed by atoms with van der Waals surface area (Å²) in [6, 6.07) is 19.6. The second kappa shape index (κ2) is 8.67. The molecule has 0 spiro atoms. The van der Waals surface area contributed by atoms with E-state index in [9.17, 15) is 9.18 Å². The fraction of sp³-hybridized carbons (Fsp3) is 0.0741. The number of rotatable bonds is 5. The molecule has 162 valence electrons. The van der Waals surface area contributed by atoms with Crippen LogP contribution >= 0.6 is 0 Å². The van der Waals surface area contributed by atoms with Gasteiger partial charge in [0.05, 0.1) is 16.8 Å². The van der Waals surface area contributed by atoms with Gasteiger partial charge in [0.2, 0.25) is 0 Å². The van der Waals surface area contributed by atoms with E-state index in [1.165, 1.54) is 18.3 Å². The number of pyridine rings is 2. The fourth-order valence-electron chi connectivity index (χ4n) is 3.82. The Morgan fingerprint density at radius 3 is 2.48 bits per heavy atom. The smallest absolute Gasteiger partial charge is 0.257 e. The molecule has 0 aliphatic heterocycles. The Bertz CT molecular complexity index is 1430. The third kappa shape index (κ3) is 4.36. The number of carbonyl (C=O) groups is 1. The molecule has 5 nitrogen and oxygen atoms in total. The number of fused-ring (bicyclic) bond motifs is 1. The molecule has 1 N–H and O–H groups in total. The molecule has 0 fully saturated rings. The Kier molecular flexibility index (Phi) is 5.40. The number of hydrogen-bond acceptors (Lipinski definition) is 3. The van der Waals surface area contributed by atoms with Gasteiger partial charge >= 0.3 is 0 Å². The van der Waals surface area contributed by atoms with E-state index in [2.05, 4.69) is 25.9 Å². The molecule has 5 rings (SSSR count). The van der Waals surface area contributed by atoms with Crippen molar-refractivity contribution in [1.82, 2.24) is 14.5 Å². The van der Waals surface area contributed by atoms with E-state index in [-0.39, 0.29) is 11.7 Å². The number of nitrogens with one attached hydrogen (secondary N) is 1. The number of amides is 1. The molecule has 6 heteroatoms. The lowest BCUT2D eigenvalue weighted by molar-refractivity contribution is 0.102. The van der Waals surface area contributed by atoms with Gasteiger partial charge in [0.25, 0.3) is 5.91 Å². The minimum absolute atomic E-state index is 0.250. The average molecular weight is 436 g/mol. The summed E-state index contributed by atoms with van der Waals surface area (Å²) in [6.45, 7) is 2.71. The van der Waals surface area contributed by atoms with Crippen molar-refractivity contribution in [3.05, 3.63) is 114 Å². The SMILES string of the molecule is Cc1c(NC(=O)c2ccc(-c3ccc(F)cc3)nc2)ccc2cc(Cn3cccc3)cnc12. The minimum atomic E-state index is -0.299. The molecule has 33 heavy (non-hydrogen) atoms. The summed E-state index contributed by atoms with van der Waals surface area (Å²) < 4.78 is 15.2. The summed E-state index contributed by atoms with van der Waals surface area (Å²) in [7, 11) is 0. The molecule has 0 unspecified atom stereocenters. The zero-order chi connectivity index (χ0) is 22.8. The normalized spacial score (nSPS) is 11.0. The Hall–Kier alpha value is -4.32. The second-order valence-electron chi connectivity index (χ2n) is 7.90. The topological polar surface area (TPSA) is 59.8 Å². The number of anilines is 1. The van der Waals surface area contributed by atoms with E-state index in [0.717, 1.165) is 34.1 Å². The number of aryl methyl sites for hydroxylation is 1. The van der Waals surface area contributed by atoms with Crippen molar-refractivity contribution in [3.8, 4) is 11.3 Å². The summed E-state index contributed by atoms with van der Waals surface area (Å²) in [5.74, 6) is -0.549. The van der Waals surface area contributed by atoms with Gasteiger partial charge in [0.1, 0.15) is 5.82 Å². The van der Waals surface area contributed by atoms with E-state index >= 15 is 0 Å². The molecule has 0 radical (unpaired) electrons. The van der Waals surface area contributed by atoms with E-state index in [1.54, 1.807) is 24.3 Å². The maximum Gasteiger partial charge on any atom is 0.257 e. The molecule has 0 aliphatic rings. The Morgan fingerprint density at radius 2 is 1.76 bits per heavy atom. The molecule has 0 saturated heterocycles. The van der Waals surface area contributed by atoms with Crippen molar-refractivity contribution < 1.29 is 9.18 Å². The molecule has 3 aromatic heterocycles. The van der Waals surface area contributed by atoms with Crippen LogP contribution in [0.1, 0.15) is 21.5 Å². The quantitative estimate of drug-likeness (QED) is 0.376. The molecule has 0 saturated carbocycles. The van der Waals surface area contributed by atoms with Crippen LogP contribution in [0, 0.1) is 12.7 Å². The van der Waals surface area contributed by atoms with Gasteiger partial charge in [-0.1, -0.05) is 6.07 Å². The van der Waals surface area contributed by atoms with Crippen LogP contribution in [-0.2, 0) is 6.54 Å². The van der Waals surface area contributed by atoms with Crippen LogP contribution in [0.3, 0.4) is 0 Å². The van der Waals surface area contributed by atoms with E-state index in [4.69, 9.17) is 0 Å². The second-order valence-corrected chi connectivity index (χ2v) is 7.90. The van der Waals surface area contributed by atoms with Crippen molar-refractivity contribution in [3.63, 3.8) is 0 Å². The Balaban J connectivity index is 1.34. The molecule has 1 amide bonds. The highest BCUT2D eigenvalue weighted by molar-refractivity contribution is 6.05. The van der Waals surface area contributed by atoms with Crippen molar-refractivity contribution in [2.24, 2.45) is 0 Å². The largest absolute Gasteiger partial charge is 0.350 e. The van der Waals surface area contributed by atoms with Gasteiger partial charge in [-0.15, -0.1) is 0 Å². The molecule has 3 heterocycles. The van der Waals surface area contributed by atoms with Crippen molar-refractivity contribution in [1.29, 1.82) is 0 Å². The lowest BCUT2D eigenvalue weighted by atomic mass is 10.1. The highest BCUT2D eigenvalue weighted by atomic mass is 19.1. The molecule has 0 aliphatic carbocycles. The highest BCUT2D eigenvalue weighted by Gasteiger charge is 2.12. The zero-order valence-corrected chi connectivity index (χ0v) is 18.0. The lowest BCUT2D eigenvalue weighted by Crippen LogP contribution is -2.13. The number of hydrogen-bond donors (Lipinski definition) is 1. The Labute approximate surface area is 190 Å². The summed E-state index contributed by atoms with van der Waals surface area (Å²) in [5, 5.41) is 3.99. The fourth-order valence-corrected chi connectivity index (χ4v) is 3.82. The van der Waals surface area contributed by atoms with Gasteiger partial charge in [-0.3, -0.25) is 14.8 Å². The number of benzene rings is 2. The Morgan fingerprint density at radius 1 is 0.970 bits per heavy atom. The van der Waals surface area contributed by atoms with Gasteiger partial charge in [-0.25, -0.2) is 4.39 Å². The van der Waals surface area contributed by atoms with E-state index < -0.39 is 0 Å². The van der Waals surface area contributed by atoms with Crippen LogP contribution < -0.4 is 5.32 Å². The van der Waals surface area contributed by atoms with Gasteiger partial charge in [-0.05, 0) is 78.7 Å². The molecule has 5 aromatic rings. The lowest BCUT2D eigenvalue weighted by Gasteiger charge is -2.12.